The monoisotopic (exact) mass is 432 g/mol. The third kappa shape index (κ3) is 8.26. The number of carboxylic acid groups (broad SMARTS) is 1. The molecule has 166 valence electrons. The third-order valence-corrected chi connectivity index (χ3v) is 4.78. The smallest absolute Gasteiger partial charge is 0.465 e. The Morgan fingerprint density at radius 1 is 1.18 bits per heavy atom. The molecule has 0 radical (unpaired) electrons. The molecule has 0 saturated heterocycles. The van der Waals surface area contributed by atoms with Crippen LogP contribution in [0.1, 0.15) is 54.9 Å². The highest BCUT2D eigenvalue weighted by Crippen LogP contribution is 2.27. The molecular weight excluding hydrogens is 401 g/mol. The molecule has 0 aromatic rings. The molecule has 0 fully saturated rings. The second-order valence-corrected chi connectivity index (χ2v) is 9.45. The van der Waals surface area contributed by atoms with Crippen LogP contribution in [-0.4, -0.2) is 65.6 Å². The van der Waals surface area contributed by atoms with E-state index in [4.69, 9.17) is 5.11 Å². The van der Waals surface area contributed by atoms with E-state index in [1.165, 1.54) is 0 Å². The van der Waals surface area contributed by atoms with Crippen molar-refractivity contribution in [1.82, 2.24) is 9.80 Å². The van der Waals surface area contributed by atoms with Crippen molar-refractivity contribution in [3.8, 4) is 0 Å². The number of nitrogens with zero attached hydrogens (tertiary/aromatic N) is 2. The molecule has 1 heterocycles. The summed E-state index contributed by atoms with van der Waals surface area (Å²) in [6, 6.07) is 1.27. The van der Waals surface area contributed by atoms with Gasteiger partial charge in [-0.1, -0.05) is 0 Å². The zero-order chi connectivity index (χ0) is 22.5. The van der Waals surface area contributed by atoms with Crippen molar-refractivity contribution < 1.29 is 35.7 Å². The maximum atomic E-state index is 12.0. The standard InChI is InChI=1S/C10H23N.C7H8F3NO5S/c1-8(2)11(9(3)4)10(5,6)7;8-7(9,10)17(14,15)16-5-2-1-3-11(4-5)6(12)13/h8-9H,1-7H3;2H,1,3-4H2,(H,12,13). The molecular formula is C17H31F3N2O5S. The summed E-state index contributed by atoms with van der Waals surface area (Å²) in [5, 5.41) is 8.59. The van der Waals surface area contributed by atoms with Crippen LogP contribution >= 0.6 is 0 Å². The maximum Gasteiger partial charge on any atom is 0.534 e. The Morgan fingerprint density at radius 3 is 1.93 bits per heavy atom. The average Bonchev–Trinajstić information content (AvgIpc) is 2.43. The van der Waals surface area contributed by atoms with Gasteiger partial charge in [0.25, 0.3) is 0 Å². The van der Waals surface area contributed by atoms with E-state index in [-0.39, 0.29) is 13.0 Å². The highest BCUT2D eigenvalue weighted by atomic mass is 32.2. The van der Waals surface area contributed by atoms with Crippen LogP contribution in [0.25, 0.3) is 0 Å². The first-order valence-electron chi connectivity index (χ1n) is 8.86. The van der Waals surface area contributed by atoms with Gasteiger partial charge in [0.2, 0.25) is 0 Å². The van der Waals surface area contributed by atoms with E-state index in [1.807, 2.05) is 0 Å². The lowest BCUT2D eigenvalue weighted by atomic mass is 10.0. The van der Waals surface area contributed by atoms with Gasteiger partial charge in [-0.15, -0.1) is 0 Å². The predicted molar refractivity (Wildman–Crippen MR) is 100 cm³/mol. The molecule has 28 heavy (non-hydrogen) atoms. The molecule has 1 amide bonds. The molecule has 0 aromatic heterocycles. The Labute approximate surface area is 165 Å². The molecule has 1 N–H and O–H groups in total. The molecule has 0 aromatic carbocycles. The van der Waals surface area contributed by atoms with Crippen molar-refractivity contribution >= 4 is 16.2 Å². The van der Waals surface area contributed by atoms with Crippen LogP contribution in [-0.2, 0) is 14.3 Å². The second kappa shape index (κ2) is 9.82. The van der Waals surface area contributed by atoms with Gasteiger partial charge in [0.05, 0.1) is 6.54 Å². The zero-order valence-electron chi connectivity index (χ0n) is 17.4. The quantitative estimate of drug-likeness (QED) is 0.533. The summed E-state index contributed by atoms with van der Waals surface area (Å²) >= 11 is 0. The van der Waals surface area contributed by atoms with E-state index >= 15 is 0 Å². The van der Waals surface area contributed by atoms with Gasteiger partial charge in [-0.05, 0) is 61.0 Å². The lowest BCUT2D eigenvalue weighted by molar-refractivity contribution is -0.0525. The first-order valence-corrected chi connectivity index (χ1v) is 10.3. The number of rotatable bonds is 4. The van der Waals surface area contributed by atoms with Gasteiger partial charge < -0.3 is 14.2 Å². The number of alkyl halides is 3. The molecule has 0 saturated carbocycles. The lowest BCUT2D eigenvalue weighted by Crippen LogP contribution is -2.49. The summed E-state index contributed by atoms with van der Waals surface area (Å²) in [5.74, 6) is -0.545. The summed E-state index contributed by atoms with van der Waals surface area (Å²) < 4.78 is 61.0. The molecule has 11 heteroatoms. The minimum absolute atomic E-state index is 0.0776. The number of amides is 1. The average molecular weight is 433 g/mol. The number of hydrogen-bond donors (Lipinski definition) is 1. The fourth-order valence-electron chi connectivity index (χ4n) is 3.27. The van der Waals surface area contributed by atoms with Gasteiger partial charge in [0.1, 0.15) is 5.76 Å². The molecule has 0 bridgehead atoms. The fourth-order valence-corrected chi connectivity index (χ4v) is 3.77. The molecule has 0 aliphatic carbocycles. The summed E-state index contributed by atoms with van der Waals surface area (Å²) in [7, 11) is -5.73. The minimum Gasteiger partial charge on any atom is -0.465 e. The normalized spacial score (nSPS) is 16.0. The Kier molecular flexibility index (Phi) is 9.29. The van der Waals surface area contributed by atoms with E-state index < -0.39 is 34.0 Å². The van der Waals surface area contributed by atoms with Gasteiger partial charge in [-0.3, -0.25) is 4.90 Å². The van der Waals surface area contributed by atoms with E-state index in [9.17, 15) is 26.4 Å². The van der Waals surface area contributed by atoms with E-state index in [1.54, 1.807) is 0 Å². The fraction of sp³-hybridized carbons (Fsp3) is 0.824. The number of hydrogen-bond acceptors (Lipinski definition) is 5. The highest BCUT2D eigenvalue weighted by molar-refractivity contribution is 7.87. The molecule has 7 nitrogen and oxygen atoms in total. The topological polar surface area (TPSA) is 87.2 Å². The van der Waals surface area contributed by atoms with Gasteiger partial charge in [-0.2, -0.15) is 21.6 Å². The third-order valence-electron chi connectivity index (χ3n) is 3.78. The molecule has 1 aliphatic rings. The Morgan fingerprint density at radius 2 is 1.64 bits per heavy atom. The number of halogens is 3. The maximum absolute atomic E-state index is 12.0. The summed E-state index contributed by atoms with van der Waals surface area (Å²) in [5.41, 5.74) is -5.23. The van der Waals surface area contributed by atoms with Crippen LogP contribution in [0.2, 0.25) is 0 Å². The summed E-state index contributed by atoms with van der Waals surface area (Å²) in [6.07, 6.45) is -0.152. The Balaban J connectivity index is 0.000000576. The van der Waals surface area contributed by atoms with Gasteiger partial charge in [-0.25, -0.2) is 4.79 Å². The minimum atomic E-state index is -5.73. The second-order valence-electron chi connectivity index (χ2n) is 7.91. The first kappa shape index (κ1) is 26.5. The number of carbonyl (C=O) groups is 1. The van der Waals surface area contributed by atoms with Crippen molar-refractivity contribution in [3.05, 3.63) is 11.8 Å². The van der Waals surface area contributed by atoms with Crippen molar-refractivity contribution in [3.63, 3.8) is 0 Å². The Bertz CT molecular complexity index is 645. The van der Waals surface area contributed by atoms with Gasteiger partial charge >= 0.3 is 21.7 Å². The molecule has 1 aliphatic heterocycles. The zero-order valence-corrected chi connectivity index (χ0v) is 18.2. The van der Waals surface area contributed by atoms with Crippen LogP contribution in [0.5, 0.6) is 0 Å². The Hall–Kier alpha value is -1.49. The van der Waals surface area contributed by atoms with E-state index in [2.05, 4.69) is 57.5 Å². The molecule has 0 atom stereocenters. The van der Waals surface area contributed by atoms with Crippen LogP contribution in [0.15, 0.2) is 11.8 Å². The first-order chi connectivity index (χ1) is 12.4. The van der Waals surface area contributed by atoms with Crippen LogP contribution in [0.3, 0.4) is 0 Å². The van der Waals surface area contributed by atoms with Crippen LogP contribution < -0.4 is 0 Å². The van der Waals surface area contributed by atoms with Crippen molar-refractivity contribution in [2.24, 2.45) is 0 Å². The predicted octanol–water partition coefficient (Wildman–Crippen LogP) is 4.02. The van der Waals surface area contributed by atoms with E-state index in [0.717, 1.165) is 11.0 Å². The summed E-state index contributed by atoms with van der Waals surface area (Å²) in [4.78, 5) is 13.8. The van der Waals surface area contributed by atoms with E-state index in [0.29, 0.717) is 17.6 Å². The molecule has 0 unspecified atom stereocenters. The van der Waals surface area contributed by atoms with Gasteiger partial charge in [0, 0.05) is 24.2 Å². The van der Waals surface area contributed by atoms with Crippen molar-refractivity contribution in [2.75, 3.05) is 13.1 Å². The largest absolute Gasteiger partial charge is 0.534 e. The van der Waals surface area contributed by atoms with Gasteiger partial charge in [0.15, 0.2) is 0 Å². The van der Waals surface area contributed by atoms with Crippen LogP contribution in [0.4, 0.5) is 18.0 Å². The lowest BCUT2D eigenvalue weighted by Gasteiger charge is -2.42. The van der Waals surface area contributed by atoms with Crippen LogP contribution in [0, 0.1) is 0 Å². The van der Waals surface area contributed by atoms with Crippen molar-refractivity contribution in [2.45, 2.75) is 78.0 Å². The SMILES string of the molecule is CC(C)N(C(C)C)C(C)(C)C.O=C(O)N1CCC=C(OS(=O)(=O)C(F)(F)F)C1. The molecule has 1 rings (SSSR count). The molecule has 0 spiro atoms. The highest BCUT2D eigenvalue weighted by Gasteiger charge is 2.49. The summed E-state index contributed by atoms with van der Waals surface area (Å²) in [6.45, 7) is 15.4. The van der Waals surface area contributed by atoms with Crippen molar-refractivity contribution in [1.29, 1.82) is 0 Å².